The van der Waals surface area contributed by atoms with E-state index in [0.717, 1.165) is 6.07 Å². The quantitative estimate of drug-likeness (QED) is 0.787. The van der Waals surface area contributed by atoms with Gasteiger partial charge in [0.1, 0.15) is 11.4 Å². The van der Waals surface area contributed by atoms with Gasteiger partial charge in [-0.15, -0.1) is 0 Å². The average Bonchev–Trinajstić information content (AvgIpc) is 2.75. The average molecular weight is 263 g/mol. The maximum absolute atomic E-state index is 13.4. The maximum atomic E-state index is 13.4. The lowest BCUT2D eigenvalue weighted by molar-refractivity contribution is 0.0693. The number of amides is 1. The van der Waals surface area contributed by atoms with Crippen LogP contribution in [0.15, 0.2) is 24.4 Å². The van der Waals surface area contributed by atoms with Crippen LogP contribution < -0.4 is 5.32 Å². The molecule has 0 saturated heterocycles. The number of H-pyrrole nitrogens is 1. The number of aromatic amines is 1. The monoisotopic (exact) mass is 263 g/mol. The van der Waals surface area contributed by atoms with Gasteiger partial charge >= 0.3 is 5.97 Å². The molecular weight excluding hydrogens is 253 g/mol. The van der Waals surface area contributed by atoms with Gasteiger partial charge in [-0.25, -0.2) is 9.18 Å². The van der Waals surface area contributed by atoms with Gasteiger partial charge in [0.2, 0.25) is 0 Å². The van der Waals surface area contributed by atoms with Crippen LogP contribution in [0.3, 0.4) is 0 Å². The highest BCUT2D eigenvalue weighted by Gasteiger charge is 2.19. The summed E-state index contributed by atoms with van der Waals surface area (Å²) in [6, 6.07) is 3.65. The summed E-state index contributed by atoms with van der Waals surface area (Å²) in [7, 11) is 0. The minimum absolute atomic E-state index is 0.0990. The Morgan fingerprint density at radius 2 is 2.16 bits per heavy atom. The lowest BCUT2D eigenvalue weighted by Crippen LogP contribution is -2.16. The fourth-order valence-electron chi connectivity index (χ4n) is 1.61. The third kappa shape index (κ3) is 2.44. The predicted molar refractivity (Wildman–Crippen MR) is 64.6 cm³/mol. The number of halogens is 1. The van der Waals surface area contributed by atoms with Crippen LogP contribution in [0.5, 0.6) is 0 Å². The molecule has 2 rings (SSSR count). The van der Waals surface area contributed by atoms with Gasteiger partial charge in [0.25, 0.3) is 5.91 Å². The standard InChI is InChI=1S/C12H10FN3O3/c1-6-7(5-14-16-6)11(17)15-9-4-2-3-8(13)10(9)12(18)19/h2-5H,1H3,(H,14,16)(H,15,17)(H,18,19). The number of rotatable bonds is 3. The van der Waals surface area contributed by atoms with Crippen molar-refractivity contribution in [3.63, 3.8) is 0 Å². The molecule has 0 radical (unpaired) electrons. The molecular formula is C12H10FN3O3. The molecule has 1 aromatic heterocycles. The Labute approximate surface area is 107 Å². The number of benzene rings is 1. The van der Waals surface area contributed by atoms with E-state index >= 15 is 0 Å². The van der Waals surface area contributed by atoms with E-state index < -0.39 is 23.3 Å². The lowest BCUT2D eigenvalue weighted by Gasteiger charge is -2.08. The van der Waals surface area contributed by atoms with Crippen molar-refractivity contribution in [2.24, 2.45) is 0 Å². The fraction of sp³-hybridized carbons (Fsp3) is 0.0833. The minimum Gasteiger partial charge on any atom is -0.478 e. The van der Waals surface area contributed by atoms with Crippen LogP contribution in [-0.4, -0.2) is 27.2 Å². The summed E-state index contributed by atoms with van der Waals surface area (Å²) in [4.78, 5) is 22.9. The van der Waals surface area contributed by atoms with E-state index in [9.17, 15) is 14.0 Å². The lowest BCUT2D eigenvalue weighted by atomic mass is 10.1. The molecule has 6 nitrogen and oxygen atoms in total. The molecule has 0 aliphatic heterocycles. The Bertz CT molecular complexity index is 651. The van der Waals surface area contributed by atoms with Crippen LogP contribution in [0.4, 0.5) is 10.1 Å². The molecule has 3 N–H and O–H groups in total. The number of carboxylic acid groups (broad SMARTS) is 1. The Balaban J connectivity index is 2.35. The van der Waals surface area contributed by atoms with Gasteiger partial charge in [-0.3, -0.25) is 9.89 Å². The van der Waals surface area contributed by atoms with Crippen molar-refractivity contribution in [3.8, 4) is 0 Å². The highest BCUT2D eigenvalue weighted by molar-refractivity contribution is 6.08. The van der Waals surface area contributed by atoms with Crippen molar-refractivity contribution in [2.75, 3.05) is 5.32 Å². The molecule has 0 aliphatic carbocycles. The minimum atomic E-state index is -1.45. The number of carbonyl (C=O) groups excluding carboxylic acids is 1. The Kier molecular flexibility index (Phi) is 3.28. The van der Waals surface area contributed by atoms with Gasteiger partial charge in [0.15, 0.2) is 0 Å². The number of carboxylic acids is 1. The second kappa shape index (κ2) is 4.89. The first kappa shape index (κ1) is 12.7. The molecule has 0 unspecified atom stereocenters. The van der Waals surface area contributed by atoms with Crippen LogP contribution in [-0.2, 0) is 0 Å². The maximum Gasteiger partial charge on any atom is 0.340 e. The summed E-state index contributed by atoms with van der Waals surface area (Å²) in [6.07, 6.45) is 1.31. The number of aryl methyl sites for hydroxylation is 1. The van der Waals surface area contributed by atoms with E-state index in [1.54, 1.807) is 6.92 Å². The second-order valence-corrected chi connectivity index (χ2v) is 3.83. The fourth-order valence-corrected chi connectivity index (χ4v) is 1.61. The summed E-state index contributed by atoms with van der Waals surface area (Å²) >= 11 is 0. The number of hydrogen-bond acceptors (Lipinski definition) is 3. The smallest absolute Gasteiger partial charge is 0.340 e. The first-order valence-electron chi connectivity index (χ1n) is 5.34. The Hall–Kier alpha value is -2.70. The van der Waals surface area contributed by atoms with Crippen LogP contribution in [0.1, 0.15) is 26.4 Å². The molecule has 0 fully saturated rings. The number of carbonyl (C=O) groups is 2. The van der Waals surface area contributed by atoms with Crippen molar-refractivity contribution in [1.82, 2.24) is 10.2 Å². The molecule has 2 aromatic rings. The van der Waals surface area contributed by atoms with Gasteiger partial charge < -0.3 is 10.4 Å². The van der Waals surface area contributed by atoms with Crippen molar-refractivity contribution >= 4 is 17.6 Å². The van der Waals surface area contributed by atoms with E-state index in [0.29, 0.717) is 5.69 Å². The number of aromatic carboxylic acids is 1. The summed E-state index contributed by atoms with van der Waals surface area (Å²) in [5.41, 5.74) is 0.126. The molecule has 98 valence electrons. The molecule has 0 aliphatic rings. The zero-order chi connectivity index (χ0) is 14.0. The van der Waals surface area contributed by atoms with Gasteiger partial charge in [-0.2, -0.15) is 5.10 Å². The molecule has 0 saturated carbocycles. The predicted octanol–water partition coefficient (Wildman–Crippen LogP) is 1.81. The SMILES string of the molecule is Cc1[nH]ncc1C(=O)Nc1cccc(F)c1C(=O)O. The van der Waals surface area contributed by atoms with Crippen LogP contribution in [0, 0.1) is 12.7 Å². The summed E-state index contributed by atoms with van der Waals surface area (Å²) in [6.45, 7) is 1.64. The zero-order valence-corrected chi connectivity index (χ0v) is 9.90. The number of anilines is 1. The van der Waals surface area contributed by atoms with Crippen LogP contribution in [0.25, 0.3) is 0 Å². The van der Waals surface area contributed by atoms with Gasteiger partial charge in [-0.05, 0) is 19.1 Å². The molecule has 0 atom stereocenters. The normalized spacial score (nSPS) is 10.2. The third-order valence-corrected chi connectivity index (χ3v) is 2.55. The zero-order valence-electron chi connectivity index (χ0n) is 9.90. The van der Waals surface area contributed by atoms with Gasteiger partial charge in [0.05, 0.1) is 17.4 Å². The van der Waals surface area contributed by atoms with Crippen LogP contribution >= 0.6 is 0 Å². The molecule has 19 heavy (non-hydrogen) atoms. The molecule has 0 spiro atoms. The molecule has 1 aromatic carbocycles. The Morgan fingerprint density at radius 1 is 1.42 bits per heavy atom. The number of hydrogen-bond donors (Lipinski definition) is 3. The van der Waals surface area contributed by atoms with Crippen LogP contribution in [0.2, 0.25) is 0 Å². The van der Waals surface area contributed by atoms with E-state index in [1.807, 2.05) is 0 Å². The third-order valence-electron chi connectivity index (χ3n) is 2.55. The van der Waals surface area contributed by atoms with Crippen molar-refractivity contribution in [3.05, 3.63) is 47.0 Å². The van der Waals surface area contributed by atoms with Crippen molar-refractivity contribution < 1.29 is 19.1 Å². The second-order valence-electron chi connectivity index (χ2n) is 3.83. The molecule has 7 heteroatoms. The first-order chi connectivity index (χ1) is 9.00. The number of aromatic nitrogens is 2. The summed E-state index contributed by atoms with van der Waals surface area (Å²) in [5, 5.41) is 17.6. The van der Waals surface area contributed by atoms with Crippen molar-refractivity contribution in [1.29, 1.82) is 0 Å². The highest BCUT2D eigenvalue weighted by Crippen LogP contribution is 2.20. The molecule has 1 heterocycles. The van der Waals surface area contributed by atoms with E-state index in [4.69, 9.17) is 5.11 Å². The largest absolute Gasteiger partial charge is 0.478 e. The van der Waals surface area contributed by atoms with Crippen molar-refractivity contribution in [2.45, 2.75) is 6.92 Å². The number of nitrogens with one attached hydrogen (secondary N) is 2. The first-order valence-corrected chi connectivity index (χ1v) is 5.34. The van der Waals surface area contributed by atoms with E-state index in [1.165, 1.54) is 18.3 Å². The summed E-state index contributed by atoms with van der Waals surface area (Å²) < 4.78 is 13.4. The highest BCUT2D eigenvalue weighted by atomic mass is 19.1. The topological polar surface area (TPSA) is 95.1 Å². The van der Waals surface area contributed by atoms with E-state index in [-0.39, 0.29) is 11.3 Å². The summed E-state index contributed by atoms with van der Waals surface area (Å²) in [5.74, 6) is -2.91. The van der Waals surface area contributed by atoms with E-state index in [2.05, 4.69) is 15.5 Å². The Morgan fingerprint density at radius 3 is 2.74 bits per heavy atom. The van der Waals surface area contributed by atoms with Gasteiger partial charge in [0, 0.05) is 5.69 Å². The molecule has 0 bridgehead atoms. The molecule has 1 amide bonds. The number of nitrogens with zero attached hydrogens (tertiary/aromatic N) is 1. The van der Waals surface area contributed by atoms with Gasteiger partial charge in [-0.1, -0.05) is 6.07 Å².